The van der Waals surface area contributed by atoms with Gasteiger partial charge < -0.3 is 9.47 Å². The second kappa shape index (κ2) is 8.19. The van der Waals surface area contributed by atoms with Crippen LogP contribution in [0, 0.1) is 5.92 Å². The SMILES string of the molecule is CCCC1CCC(CBr)(OCc2cccc(OC)c2)CC1. The zero-order chi connectivity index (χ0) is 15.1. The average Bonchev–Trinajstić information content (AvgIpc) is 2.55. The fourth-order valence-corrected chi connectivity index (χ4v) is 3.94. The molecule has 0 heterocycles. The highest BCUT2D eigenvalue weighted by Crippen LogP contribution is 2.38. The van der Waals surface area contributed by atoms with E-state index >= 15 is 0 Å². The lowest BCUT2D eigenvalue weighted by Gasteiger charge is -2.39. The van der Waals surface area contributed by atoms with Gasteiger partial charge in [0.05, 0.1) is 19.3 Å². The number of methoxy groups -OCH3 is 1. The van der Waals surface area contributed by atoms with Crippen LogP contribution in [-0.2, 0) is 11.3 Å². The van der Waals surface area contributed by atoms with E-state index in [9.17, 15) is 0 Å². The van der Waals surface area contributed by atoms with Crippen LogP contribution in [0.15, 0.2) is 24.3 Å². The van der Waals surface area contributed by atoms with E-state index < -0.39 is 0 Å². The number of alkyl halides is 1. The minimum Gasteiger partial charge on any atom is -0.497 e. The lowest BCUT2D eigenvalue weighted by Crippen LogP contribution is -2.38. The van der Waals surface area contributed by atoms with E-state index in [2.05, 4.69) is 35.0 Å². The Morgan fingerprint density at radius 2 is 2.05 bits per heavy atom. The summed E-state index contributed by atoms with van der Waals surface area (Å²) in [5, 5.41) is 0.933. The molecule has 2 nitrogen and oxygen atoms in total. The first-order valence-corrected chi connectivity index (χ1v) is 9.16. The molecular weight excluding hydrogens is 328 g/mol. The van der Waals surface area contributed by atoms with Crippen molar-refractivity contribution in [1.29, 1.82) is 0 Å². The van der Waals surface area contributed by atoms with Gasteiger partial charge in [0.25, 0.3) is 0 Å². The molecule has 118 valence electrons. The van der Waals surface area contributed by atoms with Crippen LogP contribution in [0.4, 0.5) is 0 Å². The summed E-state index contributed by atoms with van der Waals surface area (Å²) in [4.78, 5) is 0. The summed E-state index contributed by atoms with van der Waals surface area (Å²) >= 11 is 3.68. The normalized spacial score (nSPS) is 25.8. The van der Waals surface area contributed by atoms with Gasteiger partial charge in [-0.05, 0) is 49.3 Å². The van der Waals surface area contributed by atoms with Crippen LogP contribution < -0.4 is 4.74 Å². The molecule has 1 aromatic rings. The first-order chi connectivity index (χ1) is 10.2. The number of hydrogen-bond acceptors (Lipinski definition) is 2. The van der Waals surface area contributed by atoms with Gasteiger partial charge in [0.2, 0.25) is 0 Å². The van der Waals surface area contributed by atoms with Gasteiger partial charge in [-0.3, -0.25) is 0 Å². The highest BCUT2D eigenvalue weighted by atomic mass is 79.9. The molecule has 0 bridgehead atoms. The Bertz CT molecular complexity index is 425. The Kier molecular flexibility index (Phi) is 6.56. The fraction of sp³-hybridized carbons (Fsp3) is 0.667. The third kappa shape index (κ3) is 4.72. The Hall–Kier alpha value is -0.540. The number of ether oxygens (including phenoxy) is 2. The second-order valence-corrected chi connectivity index (χ2v) is 6.75. The average molecular weight is 355 g/mol. The predicted octanol–water partition coefficient (Wildman–Crippen LogP) is 5.34. The third-order valence-corrected chi connectivity index (χ3v) is 5.66. The number of rotatable bonds is 7. The summed E-state index contributed by atoms with van der Waals surface area (Å²) < 4.78 is 11.6. The van der Waals surface area contributed by atoms with Gasteiger partial charge in [0.1, 0.15) is 5.75 Å². The third-order valence-electron chi connectivity index (χ3n) is 4.64. The Morgan fingerprint density at radius 1 is 1.29 bits per heavy atom. The van der Waals surface area contributed by atoms with E-state index in [-0.39, 0.29) is 5.60 Å². The van der Waals surface area contributed by atoms with E-state index in [4.69, 9.17) is 9.47 Å². The standard InChI is InChI=1S/C18H27BrO2/c1-3-5-15-8-10-18(14-19,11-9-15)21-13-16-6-4-7-17(12-16)20-2/h4,6-7,12,15H,3,5,8-11,13-14H2,1-2H3. The van der Waals surface area contributed by atoms with Crippen LogP contribution in [0.5, 0.6) is 5.75 Å². The first-order valence-electron chi connectivity index (χ1n) is 8.04. The van der Waals surface area contributed by atoms with Gasteiger partial charge in [-0.2, -0.15) is 0 Å². The van der Waals surface area contributed by atoms with Crippen molar-refractivity contribution in [2.24, 2.45) is 5.92 Å². The molecule has 0 aromatic heterocycles. The Morgan fingerprint density at radius 3 is 2.67 bits per heavy atom. The van der Waals surface area contributed by atoms with Crippen molar-refractivity contribution in [2.45, 2.75) is 57.7 Å². The van der Waals surface area contributed by atoms with Crippen molar-refractivity contribution in [1.82, 2.24) is 0 Å². The molecule has 0 N–H and O–H groups in total. The zero-order valence-corrected chi connectivity index (χ0v) is 14.8. The lowest BCUT2D eigenvalue weighted by atomic mass is 9.78. The van der Waals surface area contributed by atoms with E-state index in [1.807, 2.05) is 12.1 Å². The summed E-state index contributed by atoms with van der Waals surface area (Å²) in [5.74, 6) is 1.80. The molecule has 21 heavy (non-hydrogen) atoms. The van der Waals surface area contributed by atoms with E-state index in [1.165, 1.54) is 44.1 Å². The summed E-state index contributed by atoms with van der Waals surface area (Å²) in [5.41, 5.74) is 1.21. The summed E-state index contributed by atoms with van der Waals surface area (Å²) in [6.45, 7) is 2.95. The van der Waals surface area contributed by atoms with Crippen LogP contribution in [0.25, 0.3) is 0 Å². The molecule has 1 saturated carbocycles. The van der Waals surface area contributed by atoms with Crippen molar-refractivity contribution < 1.29 is 9.47 Å². The summed E-state index contributed by atoms with van der Waals surface area (Å²) in [7, 11) is 1.70. The number of benzene rings is 1. The maximum atomic E-state index is 6.33. The van der Waals surface area contributed by atoms with Crippen LogP contribution in [0.2, 0.25) is 0 Å². The molecule has 1 aromatic carbocycles. The van der Waals surface area contributed by atoms with Gasteiger partial charge in [0, 0.05) is 5.33 Å². The number of halogens is 1. The molecule has 0 amide bonds. The van der Waals surface area contributed by atoms with Gasteiger partial charge in [0.15, 0.2) is 0 Å². The molecule has 3 heteroatoms. The predicted molar refractivity (Wildman–Crippen MR) is 91.2 cm³/mol. The van der Waals surface area contributed by atoms with Crippen molar-refractivity contribution in [2.75, 3.05) is 12.4 Å². The Labute approximate surface area is 137 Å². The minimum atomic E-state index is 0.0211. The van der Waals surface area contributed by atoms with Crippen LogP contribution in [0.3, 0.4) is 0 Å². The van der Waals surface area contributed by atoms with Gasteiger partial charge in [-0.25, -0.2) is 0 Å². The smallest absolute Gasteiger partial charge is 0.119 e. The Balaban J connectivity index is 1.90. The zero-order valence-electron chi connectivity index (χ0n) is 13.2. The second-order valence-electron chi connectivity index (χ2n) is 6.19. The molecular formula is C18H27BrO2. The van der Waals surface area contributed by atoms with E-state index in [1.54, 1.807) is 7.11 Å². The van der Waals surface area contributed by atoms with E-state index in [0.29, 0.717) is 6.61 Å². The van der Waals surface area contributed by atoms with E-state index in [0.717, 1.165) is 17.0 Å². The van der Waals surface area contributed by atoms with Crippen LogP contribution >= 0.6 is 15.9 Å². The molecule has 0 unspecified atom stereocenters. The maximum absolute atomic E-state index is 6.33. The molecule has 0 atom stereocenters. The largest absolute Gasteiger partial charge is 0.497 e. The summed E-state index contributed by atoms with van der Waals surface area (Å²) in [6.07, 6.45) is 7.62. The van der Waals surface area contributed by atoms with Crippen molar-refractivity contribution in [3.8, 4) is 5.75 Å². The molecule has 1 fully saturated rings. The van der Waals surface area contributed by atoms with Crippen molar-refractivity contribution >= 4 is 15.9 Å². The summed E-state index contributed by atoms with van der Waals surface area (Å²) in [6, 6.07) is 8.16. The van der Waals surface area contributed by atoms with Gasteiger partial charge in [-0.15, -0.1) is 0 Å². The molecule has 2 rings (SSSR count). The topological polar surface area (TPSA) is 18.5 Å². The lowest BCUT2D eigenvalue weighted by molar-refractivity contribution is -0.0706. The first kappa shape index (κ1) is 16.8. The fourth-order valence-electron chi connectivity index (χ4n) is 3.22. The van der Waals surface area contributed by atoms with Crippen LogP contribution in [-0.4, -0.2) is 18.0 Å². The molecule has 0 aliphatic heterocycles. The van der Waals surface area contributed by atoms with Gasteiger partial charge in [-0.1, -0.05) is 47.8 Å². The van der Waals surface area contributed by atoms with Crippen LogP contribution in [0.1, 0.15) is 51.0 Å². The highest BCUT2D eigenvalue weighted by Gasteiger charge is 2.35. The molecule has 0 radical (unpaired) electrons. The minimum absolute atomic E-state index is 0.0211. The molecule has 0 spiro atoms. The number of hydrogen-bond donors (Lipinski definition) is 0. The van der Waals surface area contributed by atoms with Crippen molar-refractivity contribution in [3.05, 3.63) is 29.8 Å². The van der Waals surface area contributed by atoms with Gasteiger partial charge >= 0.3 is 0 Å². The molecule has 1 aliphatic rings. The quantitative estimate of drug-likeness (QED) is 0.615. The molecule has 0 saturated heterocycles. The molecule has 1 aliphatic carbocycles. The monoisotopic (exact) mass is 354 g/mol. The van der Waals surface area contributed by atoms with Crippen molar-refractivity contribution in [3.63, 3.8) is 0 Å². The maximum Gasteiger partial charge on any atom is 0.119 e. The highest BCUT2D eigenvalue weighted by molar-refractivity contribution is 9.09.